The highest BCUT2D eigenvalue weighted by molar-refractivity contribution is 7.80. The van der Waals surface area contributed by atoms with Crippen LogP contribution in [0.15, 0.2) is 36.4 Å². The van der Waals surface area contributed by atoms with Crippen molar-refractivity contribution in [1.82, 2.24) is 10.9 Å². The summed E-state index contributed by atoms with van der Waals surface area (Å²) in [5, 5.41) is 5.89. The number of amides is 1. The lowest BCUT2D eigenvalue weighted by Gasteiger charge is -2.15. The fourth-order valence-corrected chi connectivity index (χ4v) is 2.68. The number of carbonyl (C=O) groups excluding carboxylic acids is 1. The lowest BCUT2D eigenvalue weighted by molar-refractivity contribution is -0.119. The first-order chi connectivity index (χ1) is 11.9. The van der Waals surface area contributed by atoms with E-state index in [4.69, 9.17) is 12.2 Å². The Kier molecular flexibility index (Phi) is 6.30. The van der Waals surface area contributed by atoms with Crippen LogP contribution in [-0.4, -0.2) is 17.6 Å². The van der Waals surface area contributed by atoms with Gasteiger partial charge in [0.2, 0.25) is 0 Å². The van der Waals surface area contributed by atoms with E-state index in [1.807, 2.05) is 20.8 Å². The molecule has 0 unspecified atom stereocenters. The van der Waals surface area contributed by atoms with E-state index >= 15 is 0 Å². The second-order valence-electron chi connectivity index (χ2n) is 5.73. The fourth-order valence-electron chi connectivity index (χ4n) is 2.51. The van der Waals surface area contributed by atoms with Crippen LogP contribution in [0.5, 0.6) is 0 Å². The highest BCUT2D eigenvalue weighted by atomic mass is 32.1. The zero-order chi connectivity index (χ0) is 18.4. The molecule has 2 rings (SSSR count). The van der Waals surface area contributed by atoms with Crippen molar-refractivity contribution in [2.24, 2.45) is 0 Å². The summed E-state index contributed by atoms with van der Waals surface area (Å²) >= 11 is 5.02. The Hall–Kier alpha value is -2.67. The molecule has 0 spiro atoms. The number of para-hydroxylation sites is 1. The summed E-state index contributed by atoms with van der Waals surface area (Å²) in [7, 11) is 0. The monoisotopic (exact) mass is 360 g/mol. The third kappa shape index (κ3) is 5.42. The number of benzene rings is 2. The number of aryl methyl sites for hydroxylation is 3. The molecule has 1 amide bonds. The maximum Gasteiger partial charge on any atom is 0.257 e. The van der Waals surface area contributed by atoms with Crippen molar-refractivity contribution in [3.05, 3.63) is 58.9 Å². The molecule has 25 heavy (non-hydrogen) atoms. The van der Waals surface area contributed by atoms with Crippen molar-refractivity contribution in [2.45, 2.75) is 20.8 Å². The first kappa shape index (κ1) is 18.7. The predicted molar refractivity (Wildman–Crippen MR) is 103 cm³/mol. The van der Waals surface area contributed by atoms with Crippen LogP contribution in [0.1, 0.15) is 16.7 Å². The largest absolute Gasteiger partial charge is 0.376 e. The number of nitrogens with one attached hydrogen (secondary N) is 4. The van der Waals surface area contributed by atoms with Crippen LogP contribution in [0, 0.1) is 26.6 Å². The maximum atomic E-state index is 13.5. The van der Waals surface area contributed by atoms with E-state index in [-0.39, 0.29) is 23.3 Å². The topological polar surface area (TPSA) is 65.2 Å². The summed E-state index contributed by atoms with van der Waals surface area (Å²) in [4.78, 5) is 11.9. The molecule has 0 bridgehead atoms. The van der Waals surface area contributed by atoms with Gasteiger partial charge in [-0.1, -0.05) is 29.8 Å². The van der Waals surface area contributed by atoms with Crippen molar-refractivity contribution >= 4 is 34.6 Å². The fraction of sp³-hybridized carbons (Fsp3) is 0.222. The number of anilines is 2. The maximum absolute atomic E-state index is 13.5. The van der Waals surface area contributed by atoms with Gasteiger partial charge in [-0.2, -0.15) is 0 Å². The number of hydrogen-bond acceptors (Lipinski definition) is 3. The van der Waals surface area contributed by atoms with Gasteiger partial charge in [-0.3, -0.25) is 15.6 Å². The average Bonchev–Trinajstić information content (AvgIpc) is 2.54. The van der Waals surface area contributed by atoms with Crippen LogP contribution in [0.2, 0.25) is 0 Å². The van der Waals surface area contributed by atoms with Crippen molar-refractivity contribution < 1.29 is 9.18 Å². The summed E-state index contributed by atoms with van der Waals surface area (Å²) in [6.07, 6.45) is 0. The van der Waals surface area contributed by atoms with E-state index in [0.717, 1.165) is 16.8 Å². The minimum Gasteiger partial charge on any atom is -0.376 e. The van der Waals surface area contributed by atoms with Gasteiger partial charge in [-0.15, -0.1) is 0 Å². The summed E-state index contributed by atoms with van der Waals surface area (Å²) < 4.78 is 13.5. The van der Waals surface area contributed by atoms with E-state index in [1.54, 1.807) is 18.2 Å². The van der Waals surface area contributed by atoms with Crippen LogP contribution in [-0.2, 0) is 4.79 Å². The molecule has 132 valence electrons. The van der Waals surface area contributed by atoms with Crippen molar-refractivity contribution in [3.8, 4) is 0 Å². The minimum atomic E-state index is -0.426. The number of thiocarbonyl (C=S) groups is 1. The van der Waals surface area contributed by atoms with E-state index in [9.17, 15) is 9.18 Å². The van der Waals surface area contributed by atoms with Crippen LogP contribution in [0.4, 0.5) is 15.8 Å². The Morgan fingerprint density at radius 1 is 1.08 bits per heavy atom. The molecule has 0 fully saturated rings. The molecule has 0 aromatic heterocycles. The molecule has 0 atom stereocenters. The molecule has 2 aromatic carbocycles. The third-order valence-electron chi connectivity index (χ3n) is 3.54. The first-order valence-electron chi connectivity index (χ1n) is 7.79. The van der Waals surface area contributed by atoms with Crippen molar-refractivity contribution in [1.29, 1.82) is 0 Å². The molecular formula is C18H21FN4OS. The average molecular weight is 360 g/mol. The zero-order valence-electron chi connectivity index (χ0n) is 14.4. The van der Waals surface area contributed by atoms with Crippen LogP contribution >= 0.6 is 12.2 Å². The van der Waals surface area contributed by atoms with Crippen LogP contribution in [0.3, 0.4) is 0 Å². The normalized spacial score (nSPS) is 10.1. The van der Waals surface area contributed by atoms with Gasteiger partial charge in [-0.05, 0) is 56.2 Å². The van der Waals surface area contributed by atoms with Crippen molar-refractivity contribution in [2.75, 3.05) is 17.2 Å². The van der Waals surface area contributed by atoms with Gasteiger partial charge in [-0.25, -0.2) is 4.39 Å². The lowest BCUT2D eigenvalue weighted by atomic mass is 10.1. The molecule has 0 saturated carbocycles. The van der Waals surface area contributed by atoms with Gasteiger partial charge in [0.15, 0.2) is 5.11 Å². The zero-order valence-corrected chi connectivity index (χ0v) is 15.2. The Labute approximate surface area is 152 Å². The molecule has 2 aromatic rings. The SMILES string of the molecule is Cc1cc(C)c(NCC(=O)NNC(=S)Nc2ccccc2F)c(C)c1. The van der Waals surface area contributed by atoms with E-state index in [2.05, 4.69) is 33.6 Å². The summed E-state index contributed by atoms with van der Waals surface area (Å²) in [6.45, 7) is 6.10. The van der Waals surface area contributed by atoms with Gasteiger partial charge >= 0.3 is 0 Å². The van der Waals surface area contributed by atoms with Crippen LogP contribution in [0.25, 0.3) is 0 Å². The van der Waals surface area contributed by atoms with E-state index in [0.29, 0.717) is 0 Å². The minimum absolute atomic E-state index is 0.0834. The van der Waals surface area contributed by atoms with Gasteiger partial charge < -0.3 is 10.6 Å². The molecular weight excluding hydrogens is 339 g/mol. The molecule has 0 saturated heterocycles. The number of carbonyl (C=O) groups is 1. The standard InChI is InChI=1S/C18H21FN4OS/c1-11-8-12(2)17(13(3)9-11)20-10-16(24)22-23-18(25)21-15-7-5-4-6-14(15)19/h4-9,20H,10H2,1-3H3,(H,22,24)(H2,21,23,25). The molecule has 0 aliphatic rings. The Morgan fingerprint density at radius 3 is 2.36 bits per heavy atom. The van der Waals surface area contributed by atoms with E-state index in [1.165, 1.54) is 11.6 Å². The second-order valence-corrected chi connectivity index (χ2v) is 6.14. The highest BCUT2D eigenvalue weighted by Gasteiger charge is 2.07. The predicted octanol–water partition coefficient (Wildman–Crippen LogP) is 3.18. The molecule has 0 radical (unpaired) electrons. The van der Waals surface area contributed by atoms with Gasteiger partial charge in [0.05, 0.1) is 12.2 Å². The quantitative estimate of drug-likeness (QED) is 0.498. The molecule has 0 aliphatic heterocycles. The van der Waals surface area contributed by atoms with Gasteiger partial charge in [0.1, 0.15) is 5.82 Å². The first-order valence-corrected chi connectivity index (χ1v) is 8.19. The number of hydrazine groups is 1. The van der Waals surface area contributed by atoms with Crippen molar-refractivity contribution in [3.63, 3.8) is 0 Å². The van der Waals surface area contributed by atoms with Crippen LogP contribution < -0.4 is 21.5 Å². The molecule has 7 heteroatoms. The molecule has 0 heterocycles. The Balaban J connectivity index is 1.81. The third-order valence-corrected chi connectivity index (χ3v) is 3.74. The molecule has 5 nitrogen and oxygen atoms in total. The molecule has 0 aliphatic carbocycles. The number of halogens is 1. The summed E-state index contributed by atoms with van der Waals surface area (Å²) in [5.74, 6) is -0.720. The number of rotatable bonds is 4. The Bertz CT molecular complexity index is 771. The second kappa shape index (κ2) is 8.43. The lowest BCUT2D eigenvalue weighted by Crippen LogP contribution is -2.46. The highest BCUT2D eigenvalue weighted by Crippen LogP contribution is 2.21. The Morgan fingerprint density at radius 2 is 1.72 bits per heavy atom. The smallest absolute Gasteiger partial charge is 0.257 e. The molecule has 4 N–H and O–H groups in total. The number of hydrogen-bond donors (Lipinski definition) is 4. The summed E-state index contributed by atoms with van der Waals surface area (Å²) in [6, 6.07) is 10.2. The van der Waals surface area contributed by atoms with E-state index < -0.39 is 5.82 Å². The summed E-state index contributed by atoms with van der Waals surface area (Å²) in [5.41, 5.74) is 9.52. The van der Waals surface area contributed by atoms with Gasteiger partial charge in [0.25, 0.3) is 5.91 Å². The van der Waals surface area contributed by atoms with Gasteiger partial charge in [0, 0.05) is 5.69 Å².